The van der Waals surface area contributed by atoms with E-state index >= 15 is 0 Å². The molecule has 0 amide bonds. The summed E-state index contributed by atoms with van der Waals surface area (Å²) in [7, 11) is 0. The van der Waals surface area contributed by atoms with Crippen LogP contribution in [0.25, 0.3) is 116 Å². The minimum absolute atomic E-state index is 0.661. The van der Waals surface area contributed by atoms with Crippen LogP contribution in [0.3, 0.4) is 0 Å². The van der Waals surface area contributed by atoms with Crippen molar-refractivity contribution >= 4 is 76.2 Å². The number of aromatic nitrogens is 3. The lowest BCUT2D eigenvalue weighted by Crippen LogP contribution is -2.03. The van der Waals surface area contributed by atoms with Crippen LogP contribution in [0, 0.1) is 0 Å². The SMILES string of the molecule is c1ccc2cc(-c3nc(-n4c5ccccc5c5c6ccc(-c7ccc(-c8ccc9oc%10ccccc%10c9c8)cc7)cc6ccc54)nc4ccccc34)ccc2c1. The molecule has 0 aliphatic heterocycles. The van der Waals surface area contributed by atoms with Crippen LogP contribution in [0.4, 0.5) is 0 Å². The number of para-hydroxylation sites is 3. The summed E-state index contributed by atoms with van der Waals surface area (Å²) in [5, 5.41) is 10.5. The average molecular weight is 714 g/mol. The molecule has 3 heterocycles. The lowest BCUT2D eigenvalue weighted by atomic mass is 9.96. The molecule has 0 atom stereocenters. The maximum atomic E-state index is 6.07. The van der Waals surface area contributed by atoms with Gasteiger partial charge in [-0.05, 0) is 92.3 Å². The van der Waals surface area contributed by atoms with E-state index in [1.165, 1.54) is 54.6 Å². The van der Waals surface area contributed by atoms with Gasteiger partial charge in [-0.25, -0.2) is 9.97 Å². The Morgan fingerprint density at radius 1 is 0.357 bits per heavy atom. The molecule has 0 unspecified atom stereocenters. The van der Waals surface area contributed by atoms with E-state index in [1.807, 2.05) is 12.1 Å². The van der Waals surface area contributed by atoms with Crippen LogP contribution in [-0.4, -0.2) is 14.5 Å². The van der Waals surface area contributed by atoms with E-state index in [0.29, 0.717) is 5.95 Å². The molecule has 12 aromatic rings. The van der Waals surface area contributed by atoms with Crippen LogP contribution in [0.1, 0.15) is 0 Å². The van der Waals surface area contributed by atoms with Gasteiger partial charge in [0.25, 0.3) is 0 Å². The Morgan fingerprint density at radius 2 is 0.982 bits per heavy atom. The second-order valence-electron chi connectivity index (χ2n) is 14.6. The predicted molar refractivity (Wildman–Crippen MR) is 232 cm³/mol. The number of furan rings is 1. The van der Waals surface area contributed by atoms with Gasteiger partial charge in [0.05, 0.1) is 22.2 Å². The van der Waals surface area contributed by atoms with Gasteiger partial charge in [0, 0.05) is 32.5 Å². The molecular weight excluding hydrogens is 683 g/mol. The molecule has 260 valence electrons. The lowest BCUT2D eigenvalue weighted by Gasteiger charge is -2.12. The van der Waals surface area contributed by atoms with Crippen molar-refractivity contribution in [3.05, 3.63) is 188 Å². The number of nitrogens with zero attached hydrogens (tertiary/aromatic N) is 3. The number of benzene rings is 9. The van der Waals surface area contributed by atoms with Gasteiger partial charge in [0.1, 0.15) is 11.2 Å². The van der Waals surface area contributed by atoms with Crippen molar-refractivity contribution in [1.29, 1.82) is 0 Å². The molecule has 4 nitrogen and oxygen atoms in total. The molecule has 4 heteroatoms. The minimum atomic E-state index is 0.661. The van der Waals surface area contributed by atoms with Gasteiger partial charge in [0.2, 0.25) is 5.95 Å². The maximum absolute atomic E-state index is 6.07. The largest absolute Gasteiger partial charge is 0.456 e. The summed E-state index contributed by atoms with van der Waals surface area (Å²) in [6.45, 7) is 0. The predicted octanol–water partition coefficient (Wildman–Crippen LogP) is 13.9. The topological polar surface area (TPSA) is 43.9 Å². The Morgan fingerprint density at radius 3 is 1.86 bits per heavy atom. The molecule has 0 aliphatic rings. The van der Waals surface area contributed by atoms with Crippen molar-refractivity contribution in [2.45, 2.75) is 0 Å². The smallest absolute Gasteiger partial charge is 0.235 e. The summed E-state index contributed by atoms with van der Waals surface area (Å²) in [5.74, 6) is 0.661. The first kappa shape index (κ1) is 30.9. The van der Waals surface area contributed by atoms with Crippen molar-refractivity contribution in [3.8, 4) is 39.5 Å². The Bertz CT molecular complexity index is 3540. The van der Waals surface area contributed by atoms with Crippen molar-refractivity contribution < 1.29 is 4.42 Å². The van der Waals surface area contributed by atoms with Gasteiger partial charge in [-0.3, -0.25) is 4.57 Å². The summed E-state index contributed by atoms with van der Waals surface area (Å²) >= 11 is 0. The van der Waals surface area contributed by atoms with Gasteiger partial charge in [-0.1, -0.05) is 140 Å². The molecular formula is C52H31N3O. The Hall–Kier alpha value is -7.56. The van der Waals surface area contributed by atoms with E-state index in [4.69, 9.17) is 14.4 Å². The van der Waals surface area contributed by atoms with Gasteiger partial charge < -0.3 is 4.42 Å². The van der Waals surface area contributed by atoms with Crippen molar-refractivity contribution in [1.82, 2.24) is 14.5 Å². The van der Waals surface area contributed by atoms with Crippen LogP contribution < -0.4 is 0 Å². The first-order chi connectivity index (χ1) is 27.7. The molecule has 0 fully saturated rings. The molecule has 0 radical (unpaired) electrons. The van der Waals surface area contributed by atoms with E-state index in [-0.39, 0.29) is 0 Å². The summed E-state index contributed by atoms with van der Waals surface area (Å²) in [4.78, 5) is 10.6. The molecule has 56 heavy (non-hydrogen) atoms. The fourth-order valence-electron chi connectivity index (χ4n) is 8.67. The third kappa shape index (κ3) is 4.73. The number of hydrogen-bond acceptors (Lipinski definition) is 3. The number of rotatable bonds is 4. The van der Waals surface area contributed by atoms with Crippen molar-refractivity contribution in [2.24, 2.45) is 0 Å². The highest BCUT2D eigenvalue weighted by Gasteiger charge is 2.19. The van der Waals surface area contributed by atoms with Crippen LogP contribution in [0.15, 0.2) is 192 Å². The molecule has 9 aromatic carbocycles. The zero-order valence-corrected chi connectivity index (χ0v) is 30.1. The monoisotopic (exact) mass is 713 g/mol. The van der Waals surface area contributed by atoms with Crippen LogP contribution in [0.2, 0.25) is 0 Å². The zero-order valence-electron chi connectivity index (χ0n) is 30.1. The highest BCUT2D eigenvalue weighted by atomic mass is 16.3. The molecule has 0 saturated heterocycles. The Kier molecular flexibility index (Phi) is 6.60. The summed E-state index contributed by atoms with van der Waals surface area (Å²) in [6.07, 6.45) is 0. The maximum Gasteiger partial charge on any atom is 0.235 e. The third-order valence-corrected chi connectivity index (χ3v) is 11.4. The summed E-state index contributed by atoms with van der Waals surface area (Å²) in [5.41, 5.74) is 11.6. The van der Waals surface area contributed by atoms with E-state index in [9.17, 15) is 0 Å². The molecule has 0 saturated carbocycles. The molecule has 0 aliphatic carbocycles. The standard InChI is InChI=1S/C52H31N3O/c1-2-10-35-30-39(22-21-32(35)9-1)51-42-12-3-6-14-45(42)53-52(54-51)55-46-15-7-4-13-43(46)50-40-26-23-36(29-38(40)24-27-47(50)55)33-17-19-34(20-18-33)37-25-28-49-44(31-37)41-11-5-8-16-48(41)56-49/h1-31H. The van der Waals surface area contributed by atoms with Crippen molar-refractivity contribution in [3.63, 3.8) is 0 Å². The van der Waals surface area contributed by atoms with E-state index in [1.54, 1.807) is 0 Å². The van der Waals surface area contributed by atoms with E-state index in [0.717, 1.165) is 55.1 Å². The molecule has 0 N–H and O–H groups in total. The highest BCUT2D eigenvalue weighted by Crippen LogP contribution is 2.39. The quantitative estimate of drug-likeness (QED) is 0.182. The zero-order chi connectivity index (χ0) is 36.7. The average Bonchev–Trinajstić information content (AvgIpc) is 3.81. The third-order valence-electron chi connectivity index (χ3n) is 11.4. The fourth-order valence-corrected chi connectivity index (χ4v) is 8.67. The Balaban J connectivity index is 0.972. The van der Waals surface area contributed by atoms with Crippen molar-refractivity contribution in [2.75, 3.05) is 0 Å². The highest BCUT2D eigenvalue weighted by molar-refractivity contribution is 6.21. The van der Waals surface area contributed by atoms with Gasteiger partial charge in [0.15, 0.2) is 0 Å². The lowest BCUT2D eigenvalue weighted by molar-refractivity contribution is 0.669. The minimum Gasteiger partial charge on any atom is -0.456 e. The normalized spacial score (nSPS) is 11.9. The second-order valence-corrected chi connectivity index (χ2v) is 14.6. The fraction of sp³-hybridized carbons (Fsp3) is 0. The second kappa shape index (κ2) is 12.0. The number of fused-ring (bicyclic) bond motifs is 10. The van der Waals surface area contributed by atoms with Gasteiger partial charge >= 0.3 is 0 Å². The van der Waals surface area contributed by atoms with Crippen LogP contribution in [-0.2, 0) is 0 Å². The molecule has 12 rings (SSSR count). The van der Waals surface area contributed by atoms with E-state index in [2.05, 4.69) is 180 Å². The molecule has 0 bridgehead atoms. The van der Waals surface area contributed by atoms with Crippen LogP contribution in [0.5, 0.6) is 0 Å². The Labute approximate surface area is 321 Å². The first-order valence-corrected chi connectivity index (χ1v) is 19.0. The van der Waals surface area contributed by atoms with Gasteiger partial charge in [-0.15, -0.1) is 0 Å². The molecule has 0 spiro atoms. The van der Waals surface area contributed by atoms with Gasteiger partial charge in [-0.2, -0.15) is 0 Å². The summed E-state index contributed by atoms with van der Waals surface area (Å²) < 4.78 is 8.30. The summed E-state index contributed by atoms with van der Waals surface area (Å²) in [6, 6.07) is 66.9. The first-order valence-electron chi connectivity index (χ1n) is 19.0. The molecule has 3 aromatic heterocycles. The van der Waals surface area contributed by atoms with E-state index < -0.39 is 0 Å². The number of hydrogen-bond donors (Lipinski definition) is 0. The van der Waals surface area contributed by atoms with Crippen LogP contribution >= 0.6 is 0 Å².